The lowest BCUT2D eigenvalue weighted by Gasteiger charge is -2.12. The monoisotopic (exact) mass is 258 g/mol. The van der Waals surface area contributed by atoms with Gasteiger partial charge in [0.1, 0.15) is 5.82 Å². The maximum atomic E-state index is 13.5. The van der Waals surface area contributed by atoms with Crippen molar-refractivity contribution in [2.45, 2.75) is 19.4 Å². The third kappa shape index (κ3) is 2.66. The Morgan fingerprint density at radius 2 is 2.29 bits per heavy atom. The van der Waals surface area contributed by atoms with E-state index in [0.717, 1.165) is 5.57 Å². The minimum atomic E-state index is -0.815. The van der Waals surface area contributed by atoms with Crippen LogP contribution in [-0.4, -0.2) is 5.11 Å². The molecule has 1 unspecified atom stereocenters. The summed E-state index contributed by atoms with van der Waals surface area (Å²) in [6.45, 7) is 5.48. The van der Waals surface area contributed by atoms with Gasteiger partial charge in [0, 0.05) is 5.56 Å². The average Bonchev–Trinajstić information content (AvgIpc) is 2.08. The summed E-state index contributed by atoms with van der Waals surface area (Å²) < 4.78 is 13.8. The Balaban J connectivity index is 2.95. The second-order valence-electron chi connectivity index (χ2n) is 3.32. The standard InChI is InChI=1S/C11H12BrFO/c1-7(2)6-10(14)8-4-3-5-9(12)11(8)13/h3-5,10,14H,1,6H2,2H3. The average molecular weight is 259 g/mol. The molecule has 0 fully saturated rings. The molecule has 0 spiro atoms. The highest BCUT2D eigenvalue weighted by atomic mass is 79.9. The van der Waals surface area contributed by atoms with Crippen molar-refractivity contribution in [1.82, 2.24) is 0 Å². The van der Waals surface area contributed by atoms with E-state index < -0.39 is 11.9 Å². The van der Waals surface area contributed by atoms with Gasteiger partial charge in [-0.1, -0.05) is 17.7 Å². The number of aliphatic hydroxyl groups is 1. The molecule has 1 aromatic carbocycles. The van der Waals surface area contributed by atoms with Gasteiger partial charge in [0.05, 0.1) is 10.6 Å². The van der Waals surface area contributed by atoms with Crippen LogP contribution in [0.1, 0.15) is 25.0 Å². The fourth-order valence-corrected chi connectivity index (χ4v) is 1.60. The van der Waals surface area contributed by atoms with E-state index in [-0.39, 0.29) is 0 Å². The van der Waals surface area contributed by atoms with Crippen LogP contribution in [0.25, 0.3) is 0 Å². The molecule has 76 valence electrons. The maximum Gasteiger partial charge on any atom is 0.143 e. The molecule has 0 radical (unpaired) electrons. The van der Waals surface area contributed by atoms with Gasteiger partial charge in [0.2, 0.25) is 0 Å². The van der Waals surface area contributed by atoms with Crippen molar-refractivity contribution in [3.8, 4) is 0 Å². The Morgan fingerprint density at radius 1 is 1.64 bits per heavy atom. The van der Waals surface area contributed by atoms with Gasteiger partial charge in [0.15, 0.2) is 0 Å². The maximum absolute atomic E-state index is 13.5. The van der Waals surface area contributed by atoms with Gasteiger partial charge in [0.25, 0.3) is 0 Å². The molecule has 0 saturated heterocycles. The molecule has 1 rings (SSSR count). The van der Waals surface area contributed by atoms with Crippen molar-refractivity contribution in [3.05, 3.63) is 46.2 Å². The Hall–Kier alpha value is -0.670. The molecule has 1 atom stereocenters. The summed E-state index contributed by atoms with van der Waals surface area (Å²) in [4.78, 5) is 0. The molecule has 1 aromatic rings. The molecule has 0 amide bonds. The SMILES string of the molecule is C=C(C)CC(O)c1cccc(Br)c1F. The minimum absolute atomic E-state index is 0.308. The van der Waals surface area contributed by atoms with Crippen LogP contribution in [0.3, 0.4) is 0 Å². The van der Waals surface area contributed by atoms with Crippen molar-refractivity contribution in [3.63, 3.8) is 0 Å². The van der Waals surface area contributed by atoms with Gasteiger partial charge in [-0.25, -0.2) is 4.39 Å². The first kappa shape index (κ1) is 11.4. The van der Waals surface area contributed by atoms with E-state index in [1.807, 2.05) is 0 Å². The molecule has 0 saturated carbocycles. The quantitative estimate of drug-likeness (QED) is 0.822. The second kappa shape index (κ2) is 4.71. The van der Waals surface area contributed by atoms with Crippen LogP contribution in [0.2, 0.25) is 0 Å². The molecule has 1 nitrogen and oxygen atoms in total. The molecule has 1 N–H and O–H groups in total. The third-order valence-electron chi connectivity index (χ3n) is 1.88. The summed E-state index contributed by atoms with van der Waals surface area (Å²) in [6, 6.07) is 4.88. The van der Waals surface area contributed by atoms with Crippen LogP contribution in [0.15, 0.2) is 34.8 Å². The number of benzene rings is 1. The molecular formula is C11H12BrFO. The summed E-state index contributed by atoms with van der Waals surface area (Å²) in [6.07, 6.45) is -0.433. The van der Waals surface area contributed by atoms with Gasteiger partial charge < -0.3 is 5.11 Å². The van der Waals surface area contributed by atoms with Crippen LogP contribution < -0.4 is 0 Å². The van der Waals surface area contributed by atoms with Crippen LogP contribution in [0, 0.1) is 5.82 Å². The Bertz CT molecular complexity index is 349. The minimum Gasteiger partial charge on any atom is -0.388 e. The van der Waals surface area contributed by atoms with Gasteiger partial charge in [-0.2, -0.15) is 0 Å². The van der Waals surface area contributed by atoms with Gasteiger partial charge in [-0.3, -0.25) is 0 Å². The van der Waals surface area contributed by atoms with Gasteiger partial charge in [-0.15, -0.1) is 6.58 Å². The van der Waals surface area contributed by atoms with Crippen molar-refractivity contribution in [2.75, 3.05) is 0 Å². The van der Waals surface area contributed by atoms with E-state index in [9.17, 15) is 9.50 Å². The van der Waals surface area contributed by atoms with Crippen molar-refractivity contribution < 1.29 is 9.50 Å². The summed E-state index contributed by atoms with van der Waals surface area (Å²) in [7, 11) is 0. The van der Waals surface area contributed by atoms with Crippen LogP contribution in [-0.2, 0) is 0 Å². The Kier molecular flexibility index (Phi) is 3.84. The highest BCUT2D eigenvalue weighted by Gasteiger charge is 2.14. The molecule has 14 heavy (non-hydrogen) atoms. The molecular weight excluding hydrogens is 247 g/mol. The lowest BCUT2D eigenvalue weighted by molar-refractivity contribution is 0.173. The van der Waals surface area contributed by atoms with Crippen molar-refractivity contribution in [1.29, 1.82) is 0 Å². The second-order valence-corrected chi connectivity index (χ2v) is 4.17. The first-order valence-corrected chi connectivity index (χ1v) is 5.08. The fraction of sp³-hybridized carbons (Fsp3) is 0.273. The van der Waals surface area contributed by atoms with Crippen molar-refractivity contribution in [2.24, 2.45) is 0 Å². The van der Waals surface area contributed by atoms with E-state index in [0.29, 0.717) is 16.5 Å². The van der Waals surface area contributed by atoms with Gasteiger partial charge >= 0.3 is 0 Å². The number of hydrogen-bond donors (Lipinski definition) is 1. The molecule has 3 heteroatoms. The zero-order chi connectivity index (χ0) is 10.7. The molecule has 0 aliphatic carbocycles. The summed E-state index contributed by atoms with van der Waals surface area (Å²) in [5.41, 5.74) is 1.14. The summed E-state index contributed by atoms with van der Waals surface area (Å²) >= 11 is 3.07. The zero-order valence-electron chi connectivity index (χ0n) is 7.93. The van der Waals surface area contributed by atoms with Crippen LogP contribution >= 0.6 is 15.9 Å². The largest absolute Gasteiger partial charge is 0.388 e. The smallest absolute Gasteiger partial charge is 0.143 e. The zero-order valence-corrected chi connectivity index (χ0v) is 9.51. The summed E-state index contributed by atoms with van der Waals surface area (Å²) in [5.74, 6) is -0.402. The number of rotatable bonds is 3. The van der Waals surface area contributed by atoms with E-state index in [1.165, 1.54) is 0 Å². The Morgan fingerprint density at radius 3 is 2.86 bits per heavy atom. The van der Waals surface area contributed by atoms with Crippen molar-refractivity contribution >= 4 is 15.9 Å². The summed E-state index contributed by atoms with van der Waals surface area (Å²) in [5, 5.41) is 9.67. The molecule has 0 bridgehead atoms. The predicted octanol–water partition coefficient (Wildman–Crippen LogP) is 3.59. The topological polar surface area (TPSA) is 20.2 Å². The van der Waals surface area contributed by atoms with E-state index >= 15 is 0 Å². The first-order valence-electron chi connectivity index (χ1n) is 4.28. The van der Waals surface area contributed by atoms with E-state index in [1.54, 1.807) is 25.1 Å². The van der Waals surface area contributed by atoms with E-state index in [2.05, 4.69) is 22.5 Å². The van der Waals surface area contributed by atoms with Crippen LogP contribution in [0.4, 0.5) is 4.39 Å². The Labute approximate surface area is 91.4 Å². The highest BCUT2D eigenvalue weighted by molar-refractivity contribution is 9.10. The fourth-order valence-electron chi connectivity index (χ4n) is 1.22. The molecule has 0 aliphatic rings. The molecule has 0 aliphatic heterocycles. The first-order chi connectivity index (χ1) is 6.52. The lowest BCUT2D eigenvalue weighted by atomic mass is 10.0. The van der Waals surface area contributed by atoms with Gasteiger partial charge in [-0.05, 0) is 35.3 Å². The number of halogens is 2. The highest BCUT2D eigenvalue weighted by Crippen LogP contribution is 2.26. The molecule has 0 heterocycles. The predicted molar refractivity (Wildman–Crippen MR) is 58.5 cm³/mol. The third-order valence-corrected chi connectivity index (χ3v) is 2.49. The normalized spacial score (nSPS) is 12.6. The lowest BCUT2D eigenvalue weighted by Crippen LogP contribution is -2.01. The van der Waals surface area contributed by atoms with E-state index in [4.69, 9.17) is 0 Å². The number of hydrogen-bond acceptors (Lipinski definition) is 1. The number of aliphatic hydroxyl groups excluding tert-OH is 1. The van der Waals surface area contributed by atoms with Crippen LogP contribution in [0.5, 0.6) is 0 Å². The molecule has 0 aromatic heterocycles.